The molecule has 7 heterocycles. The number of fused-ring (bicyclic) bond motifs is 18. The van der Waals surface area contributed by atoms with Crippen molar-refractivity contribution in [3.8, 4) is 73.5 Å². The van der Waals surface area contributed by atoms with Crippen molar-refractivity contribution < 1.29 is 0 Å². The van der Waals surface area contributed by atoms with Gasteiger partial charge in [-0.05, 0) is 129 Å². The van der Waals surface area contributed by atoms with Crippen LogP contribution in [0.15, 0.2) is 303 Å². The summed E-state index contributed by atoms with van der Waals surface area (Å²) in [6, 6.07) is 111. The van der Waals surface area contributed by atoms with Crippen molar-refractivity contribution in [2.75, 3.05) is 0 Å². The summed E-state index contributed by atoms with van der Waals surface area (Å²) < 4.78 is 14.7. The van der Waals surface area contributed by atoms with Gasteiger partial charge in [-0.3, -0.25) is 9.13 Å². The fraction of sp³-hybridized carbons (Fsp3) is 0. The lowest BCUT2D eigenvalue weighted by molar-refractivity contribution is 0.893. The van der Waals surface area contributed by atoms with Gasteiger partial charge in [-0.25, -0.2) is 0 Å². The molecule has 0 fully saturated rings. The summed E-state index contributed by atoms with van der Waals surface area (Å²) >= 11 is 5.55. The molecule has 0 bridgehead atoms. The molecular formula is C87H50N6S3. The Labute approximate surface area is 561 Å². The number of hydrogen-bond donors (Lipinski definition) is 0. The smallest absolute Gasteiger partial charge is 0.240 e. The molecule has 0 unspecified atom stereocenters. The molecule has 6 nitrogen and oxygen atoms in total. The van der Waals surface area contributed by atoms with Crippen LogP contribution >= 0.6 is 34.0 Å². The van der Waals surface area contributed by atoms with Crippen LogP contribution in [0.2, 0.25) is 0 Å². The van der Waals surface area contributed by atoms with Crippen LogP contribution in [0.1, 0.15) is 0 Å². The minimum atomic E-state index is 0.532. The molecule has 0 atom stereocenters. The third-order valence-corrected chi connectivity index (χ3v) is 23.2. The Bertz CT molecular complexity index is 6590. The predicted molar refractivity (Wildman–Crippen MR) is 409 cm³/mol. The molecule has 0 aliphatic rings. The molecule has 14 aromatic carbocycles. The highest BCUT2D eigenvalue weighted by Gasteiger charge is 2.23. The Morgan fingerprint density at radius 3 is 0.854 bits per heavy atom. The van der Waals surface area contributed by atoms with Crippen LogP contribution in [0.5, 0.6) is 0 Å². The van der Waals surface area contributed by atoms with Gasteiger partial charge in [0.25, 0.3) is 0 Å². The van der Waals surface area contributed by atoms with Crippen molar-refractivity contribution in [2.24, 2.45) is 0 Å². The van der Waals surface area contributed by atoms with Crippen LogP contribution < -0.4 is 0 Å². The first-order valence-corrected chi connectivity index (χ1v) is 34.8. The van der Waals surface area contributed by atoms with Crippen LogP contribution in [-0.4, -0.2) is 28.7 Å². The number of aromatic nitrogens is 6. The first-order chi connectivity index (χ1) is 47.5. The van der Waals surface area contributed by atoms with E-state index in [4.69, 9.17) is 15.0 Å². The van der Waals surface area contributed by atoms with Gasteiger partial charge in [-0.1, -0.05) is 218 Å². The standard InChI is InChI=1S/C87H50N6S3/c1-7-19-73-61(13-1)64-39-31-54(57-34-42-70-67-16-4-10-22-79(67)94-82(70)48-57)45-76(64)91(73)60-37-29-52(30-38-60)51-25-27-53(28-26-51)85-88-86(92-74-20-8-2-14-62(74)65-40-32-55(46-77(65)92)58-35-43-71-68-17-5-11-23-80(68)95-83(71)49-58)90-87(89-85)93-75-21-9-3-15-63(75)66-41-33-56(47-78(66)93)59-36-44-72-69-18-6-12-24-81(69)96-84(72)50-59/h1-50H. The molecule has 0 saturated heterocycles. The predicted octanol–water partition coefficient (Wildman–Crippen LogP) is 24.6. The van der Waals surface area contributed by atoms with Gasteiger partial charge in [0.1, 0.15) is 0 Å². The molecular weight excluding hydrogens is 1230 g/mol. The second kappa shape index (κ2) is 20.8. The van der Waals surface area contributed by atoms with E-state index in [-0.39, 0.29) is 0 Å². The Hall–Kier alpha value is -11.9. The van der Waals surface area contributed by atoms with Crippen molar-refractivity contribution in [2.45, 2.75) is 0 Å². The number of nitrogens with zero attached hydrogens (tertiary/aromatic N) is 6. The van der Waals surface area contributed by atoms with Gasteiger partial charge in [0, 0.05) is 104 Å². The Kier molecular flexibility index (Phi) is 11.6. The maximum Gasteiger partial charge on any atom is 0.240 e. The van der Waals surface area contributed by atoms with Gasteiger partial charge in [0.05, 0.1) is 33.1 Å². The molecule has 7 aromatic heterocycles. The molecule has 0 spiro atoms. The van der Waals surface area contributed by atoms with Crippen molar-refractivity contribution in [1.82, 2.24) is 28.7 Å². The highest BCUT2D eigenvalue weighted by Crippen LogP contribution is 2.44. The quantitative estimate of drug-likeness (QED) is 0.152. The van der Waals surface area contributed by atoms with E-state index >= 15 is 0 Å². The van der Waals surface area contributed by atoms with Gasteiger partial charge < -0.3 is 4.57 Å². The Morgan fingerprint density at radius 1 is 0.188 bits per heavy atom. The van der Waals surface area contributed by atoms with Crippen molar-refractivity contribution in [3.63, 3.8) is 0 Å². The zero-order valence-electron chi connectivity index (χ0n) is 51.3. The average molecular weight is 1280 g/mol. The third-order valence-electron chi connectivity index (χ3n) is 19.8. The molecule has 0 aliphatic heterocycles. The van der Waals surface area contributed by atoms with E-state index in [0.717, 1.165) is 88.2 Å². The molecule has 0 saturated carbocycles. The van der Waals surface area contributed by atoms with Crippen molar-refractivity contribution in [3.05, 3.63) is 303 Å². The van der Waals surface area contributed by atoms with Gasteiger partial charge in [-0.15, -0.1) is 34.0 Å². The van der Waals surface area contributed by atoms with E-state index in [1.807, 2.05) is 34.0 Å². The van der Waals surface area contributed by atoms with Crippen LogP contribution in [0, 0.1) is 0 Å². The lowest BCUT2D eigenvalue weighted by Gasteiger charge is -2.14. The maximum absolute atomic E-state index is 5.66. The summed E-state index contributed by atoms with van der Waals surface area (Å²) in [7, 11) is 0. The minimum Gasteiger partial charge on any atom is -0.309 e. The summed E-state index contributed by atoms with van der Waals surface area (Å²) in [6.07, 6.45) is 0. The highest BCUT2D eigenvalue weighted by atomic mass is 32.1. The van der Waals surface area contributed by atoms with Crippen molar-refractivity contribution >= 4 is 160 Å². The molecule has 0 amide bonds. The van der Waals surface area contributed by atoms with Gasteiger partial charge in [0.15, 0.2) is 5.82 Å². The van der Waals surface area contributed by atoms with E-state index in [1.165, 1.54) is 93.4 Å². The Morgan fingerprint density at radius 2 is 0.458 bits per heavy atom. The summed E-state index contributed by atoms with van der Waals surface area (Å²) in [5.41, 5.74) is 17.6. The van der Waals surface area contributed by atoms with Crippen molar-refractivity contribution in [1.29, 1.82) is 0 Å². The minimum absolute atomic E-state index is 0.532. The van der Waals surface area contributed by atoms with Crippen LogP contribution in [-0.2, 0) is 0 Å². The number of benzene rings is 14. The normalized spacial score (nSPS) is 12.2. The summed E-state index contributed by atoms with van der Waals surface area (Å²) in [5, 5.41) is 14.7. The Balaban J connectivity index is 0.705. The number of hydrogen-bond acceptors (Lipinski definition) is 6. The highest BCUT2D eigenvalue weighted by molar-refractivity contribution is 7.26. The molecule has 0 aliphatic carbocycles. The number of para-hydroxylation sites is 3. The topological polar surface area (TPSA) is 53.5 Å². The molecule has 0 N–H and O–H groups in total. The fourth-order valence-corrected chi connectivity index (χ4v) is 18.6. The zero-order valence-corrected chi connectivity index (χ0v) is 53.7. The first-order valence-electron chi connectivity index (χ1n) is 32.4. The van der Waals surface area contributed by atoms with E-state index in [2.05, 4.69) is 317 Å². The third kappa shape index (κ3) is 8.25. The number of thiophene rings is 3. The van der Waals surface area contributed by atoms with E-state index in [1.54, 1.807) is 0 Å². The van der Waals surface area contributed by atoms with E-state index in [9.17, 15) is 0 Å². The lowest BCUT2D eigenvalue weighted by atomic mass is 10.0. The van der Waals surface area contributed by atoms with E-state index in [0.29, 0.717) is 17.7 Å². The second-order valence-electron chi connectivity index (χ2n) is 25.1. The first kappa shape index (κ1) is 53.6. The molecule has 21 aromatic rings. The molecule has 9 heteroatoms. The number of rotatable bonds is 8. The maximum atomic E-state index is 5.66. The fourth-order valence-electron chi connectivity index (χ4n) is 15.2. The monoisotopic (exact) mass is 1270 g/mol. The average Bonchev–Trinajstić information content (AvgIpc) is 1.62. The molecule has 446 valence electrons. The van der Waals surface area contributed by atoms with Crippen LogP contribution in [0.3, 0.4) is 0 Å². The summed E-state index contributed by atoms with van der Waals surface area (Å²) in [6.45, 7) is 0. The second-order valence-corrected chi connectivity index (χ2v) is 28.3. The largest absolute Gasteiger partial charge is 0.309 e. The van der Waals surface area contributed by atoms with Gasteiger partial charge >= 0.3 is 0 Å². The zero-order chi connectivity index (χ0) is 62.7. The SMILES string of the molecule is c1ccc2c(c1)sc1cc(-c3ccc4c5ccccc5n(-c5ccc(-c6ccc(-c7nc(-n8c9ccccc9c9ccc(-c%10ccc%11c(c%10)sc%10ccccc%10%11)cc98)nc(-n8c9ccccc9c9ccc(-c%10ccc%11c(c%10)sc%10ccccc%10%11)cc98)n7)cc6)cc5)c4c3)ccc12. The molecule has 21 rings (SSSR count). The van der Waals surface area contributed by atoms with Gasteiger partial charge in [0.2, 0.25) is 11.9 Å². The summed E-state index contributed by atoms with van der Waals surface area (Å²) in [5.74, 6) is 1.63. The van der Waals surface area contributed by atoms with E-state index < -0.39 is 0 Å². The molecule has 0 radical (unpaired) electrons. The van der Waals surface area contributed by atoms with Gasteiger partial charge in [-0.2, -0.15) is 15.0 Å². The lowest BCUT2D eigenvalue weighted by Crippen LogP contribution is -2.10. The summed E-state index contributed by atoms with van der Waals surface area (Å²) in [4.78, 5) is 16.8. The molecule has 96 heavy (non-hydrogen) atoms. The van der Waals surface area contributed by atoms with Crippen LogP contribution in [0.4, 0.5) is 0 Å². The van der Waals surface area contributed by atoms with Crippen LogP contribution in [0.25, 0.3) is 199 Å².